The van der Waals surface area contributed by atoms with Crippen molar-refractivity contribution in [2.75, 3.05) is 13.2 Å². The molecule has 5 heteroatoms. The van der Waals surface area contributed by atoms with Crippen LogP contribution in [-0.4, -0.2) is 33.2 Å². The lowest BCUT2D eigenvalue weighted by atomic mass is 9.94. The first kappa shape index (κ1) is 19.2. The summed E-state index contributed by atoms with van der Waals surface area (Å²) in [5.74, 6) is 0. The van der Waals surface area contributed by atoms with Crippen LogP contribution < -0.4 is 5.32 Å². The fourth-order valence-electron chi connectivity index (χ4n) is 3.54. The summed E-state index contributed by atoms with van der Waals surface area (Å²) in [6, 6.07) is 18.8. The second kappa shape index (κ2) is 8.90. The highest BCUT2D eigenvalue weighted by Crippen LogP contribution is 2.27. The van der Waals surface area contributed by atoms with Crippen molar-refractivity contribution in [3.8, 4) is 11.1 Å². The second-order valence-electron chi connectivity index (χ2n) is 7.02. The van der Waals surface area contributed by atoms with E-state index >= 15 is 0 Å². The summed E-state index contributed by atoms with van der Waals surface area (Å²) in [5, 5.41) is 12.0. The maximum Gasteiger partial charge on any atom is 0.111 e. The number of nitrogens with zero attached hydrogens (tertiary/aromatic N) is 3. The summed E-state index contributed by atoms with van der Waals surface area (Å²) < 4.78 is 0. The average molecular weight is 384 g/mol. The van der Waals surface area contributed by atoms with Crippen LogP contribution in [-0.2, 0) is 13.0 Å². The van der Waals surface area contributed by atoms with Crippen molar-refractivity contribution < 1.29 is 5.11 Å². The number of benzene rings is 2. The largest absolute Gasteiger partial charge is 0.395 e. The highest BCUT2D eigenvalue weighted by Gasteiger charge is 2.11. The number of fused-ring (bicyclic) bond motifs is 1. The molecule has 4 aromatic rings. The molecule has 2 N–H and O–H groups in total. The van der Waals surface area contributed by atoms with E-state index in [0.29, 0.717) is 19.5 Å². The molecule has 0 aliphatic carbocycles. The minimum atomic E-state index is 0.108. The molecule has 0 spiro atoms. The average Bonchev–Trinajstić information content (AvgIpc) is 2.76. The van der Waals surface area contributed by atoms with Gasteiger partial charge in [0.1, 0.15) is 5.52 Å². The van der Waals surface area contributed by atoms with Gasteiger partial charge >= 0.3 is 0 Å². The van der Waals surface area contributed by atoms with Crippen molar-refractivity contribution in [3.05, 3.63) is 89.5 Å². The van der Waals surface area contributed by atoms with Crippen LogP contribution >= 0.6 is 0 Å². The summed E-state index contributed by atoms with van der Waals surface area (Å²) in [6.07, 6.45) is 4.29. The maximum atomic E-state index is 8.90. The highest BCUT2D eigenvalue weighted by molar-refractivity contribution is 5.77. The van der Waals surface area contributed by atoms with Crippen LogP contribution in [0.25, 0.3) is 22.2 Å². The number of rotatable bonds is 7. The van der Waals surface area contributed by atoms with Crippen LogP contribution in [0.5, 0.6) is 0 Å². The molecule has 29 heavy (non-hydrogen) atoms. The van der Waals surface area contributed by atoms with E-state index in [1.54, 1.807) is 12.4 Å². The third-order valence-electron chi connectivity index (χ3n) is 5.07. The molecule has 0 aliphatic heterocycles. The van der Waals surface area contributed by atoms with Gasteiger partial charge in [0.15, 0.2) is 0 Å². The molecular formula is C24H24N4O. The Morgan fingerprint density at radius 2 is 1.83 bits per heavy atom. The fraction of sp³-hybridized carbons (Fsp3) is 0.208. The predicted octanol–water partition coefficient (Wildman–Crippen LogP) is 3.67. The van der Waals surface area contributed by atoms with E-state index in [9.17, 15) is 0 Å². The Balaban J connectivity index is 1.64. The number of nitrogens with one attached hydrogen (secondary N) is 1. The van der Waals surface area contributed by atoms with E-state index < -0.39 is 0 Å². The lowest BCUT2D eigenvalue weighted by Gasteiger charge is -2.12. The van der Waals surface area contributed by atoms with Gasteiger partial charge < -0.3 is 10.4 Å². The van der Waals surface area contributed by atoms with Gasteiger partial charge in [0.2, 0.25) is 0 Å². The van der Waals surface area contributed by atoms with E-state index in [2.05, 4.69) is 64.7 Å². The molecule has 4 rings (SSSR count). The molecule has 0 amide bonds. The fourth-order valence-corrected chi connectivity index (χ4v) is 3.54. The molecule has 0 saturated carbocycles. The minimum absolute atomic E-state index is 0.108. The first-order valence-electron chi connectivity index (χ1n) is 9.81. The zero-order valence-corrected chi connectivity index (χ0v) is 16.5. The van der Waals surface area contributed by atoms with E-state index in [1.165, 1.54) is 22.3 Å². The zero-order chi connectivity index (χ0) is 20.1. The molecule has 146 valence electrons. The Bertz CT molecular complexity index is 1110. The number of aromatic nitrogens is 3. The zero-order valence-electron chi connectivity index (χ0n) is 16.5. The standard InChI is InChI=1S/C24H24N4O/c1-17-19(8-5-9-21(17)18-6-3-2-4-7-18)14-23-24-22(10-11-26-23)28-20(16-27-24)15-25-12-13-29/h2-11,16,25,29H,12-15H2,1H3. The summed E-state index contributed by atoms with van der Waals surface area (Å²) >= 11 is 0. The van der Waals surface area contributed by atoms with Gasteiger partial charge in [0, 0.05) is 25.7 Å². The molecule has 2 aromatic carbocycles. The molecule has 0 bridgehead atoms. The summed E-state index contributed by atoms with van der Waals surface area (Å²) in [5.41, 5.74) is 8.42. The van der Waals surface area contributed by atoms with Crippen LogP contribution in [0.3, 0.4) is 0 Å². The number of hydrogen-bond acceptors (Lipinski definition) is 5. The molecule has 0 radical (unpaired) electrons. The third-order valence-corrected chi connectivity index (χ3v) is 5.07. The Morgan fingerprint density at radius 3 is 2.66 bits per heavy atom. The number of aliphatic hydroxyl groups is 1. The van der Waals surface area contributed by atoms with Crippen molar-refractivity contribution in [2.24, 2.45) is 0 Å². The van der Waals surface area contributed by atoms with Crippen molar-refractivity contribution >= 4 is 11.0 Å². The van der Waals surface area contributed by atoms with Crippen molar-refractivity contribution in [3.63, 3.8) is 0 Å². The quantitative estimate of drug-likeness (QED) is 0.476. The van der Waals surface area contributed by atoms with Gasteiger partial charge in [-0.3, -0.25) is 9.97 Å². The Kier molecular flexibility index (Phi) is 5.89. The van der Waals surface area contributed by atoms with Gasteiger partial charge in [-0.1, -0.05) is 48.5 Å². The second-order valence-corrected chi connectivity index (χ2v) is 7.02. The Hall–Kier alpha value is -3.15. The molecule has 0 unspecified atom stereocenters. The van der Waals surface area contributed by atoms with E-state index in [-0.39, 0.29) is 6.61 Å². The number of aliphatic hydroxyl groups excluding tert-OH is 1. The molecule has 0 fully saturated rings. The first-order valence-corrected chi connectivity index (χ1v) is 9.81. The summed E-state index contributed by atoms with van der Waals surface area (Å²) in [4.78, 5) is 13.9. The van der Waals surface area contributed by atoms with Crippen LogP contribution in [0.4, 0.5) is 0 Å². The monoisotopic (exact) mass is 384 g/mol. The van der Waals surface area contributed by atoms with Crippen LogP contribution in [0.2, 0.25) is 0 Å². The van der Waals surface area contributed by atoms with Gasteiger partial charge in [-0.2, -0.15) is 0 Å². The number of pyridine rings is 1. The van der Waals surface area contributed by atoms with E-state index in [4.69, 9.17) is 10.1 Å². The van der Waals surface area contributed by atoms with Gasteiger partial charge in [0.05, 0.1) is 29.7 Å². The van der Waals surface area contributed by atoms with Crippen molar-refractivity contribution in [1.82, 2.24) is 20.3 Å². The van der Waals surface area contributed by atoms with Crippen molar-refractivity contribution in [2.45, 2.75) is 19.9 Å². The lowest BCUT2D eigenvalue weighted by molar-refractivity contribution is 0.291. The van der Waals surface area contributed by atoms with Gasteiger partial charge in [-0.15, -0.1) is 0 Å². The maximum absolute atomic E-state index is 8.90. The lowest BCUT2D eigenvalue weighted by Crippen LogP contribution is -2.18. The molecule has 2 aromatic heterocycles. The molecule has 0 aliphatic rings. The number of hydrogen-bond donors (Lipinski definition) is 2. The summed E-state index contributed by atoms with van der Waals surface area (Å²) in [7, 11) is 0. The smallest absolute Gasteiger partial charge is 0.111 e. The predicted molar refractivity (Wildman–Crippen MR) is 116 cm³/mol. The van der Waals surface area contributed by atoms with E-state index in [1.807, 2.05) is 12.1 Å². The third kappa shape index (κ3) is 4.31. The molecule has 5 nitrogen and oxygen atoms in total. The molecular weight excluding hydrogens is 360 g/mol. The Labute approximate surface area is 170 Å². The molecule has 0 atom stereocenters. The topological polar surface area (TPSA) is 70.9 Å². The van der Waals surface area contributed by atoms with Crippen LogP contribution in [0.1, 0.15) is 22.5 Å². The Morgan fingerprint density at radius 1 is 0.966 bits per heavy atom. The molecule has 0 saturated heterocycles. The van der Waals surface area contributed by atoms with Gasteiger partial charge in [0.25, 0.3) is 0 Å². The van der Waals surface area contributed by atoms with E-state index in [0.717, 1.165) is 22.4 Å². The van der Waals surface area contributed by atoms with Crippen LogP contribution in [0.15, 0.2) is 67.0 Å². The van der Waals surface area contributed by atoms with Crippen LogP contribution in [0, 0.1) is 6.92 Å². The molecule has 2 heterocycles. The summed E-state index contributed by atoms with van der Waals surface area (Å²) in [6.45, 7) is 3.40. The van der Waals surface area contributed by atoms with Gasteiger partial charge in [-0.25, -0.2) is 4.98 Å². The van der Waals surface area contributed by atoms with Crippen molar-refractivity contribution in [1.29, 1.82) is 0 Å². The van der Waals surface area contributed by atoms with Gasteiger partial charge in [-0.05, 0) is 35.2 Å². The minimum Gasteiger partial charge on any atom is -0.395 e. The SMILES string of the molecule is Cc1c(Cc2nccc3nc(CNCCO)cnc23)cccc1-c1ccccc1. The highest BCUT2D eigenvalue weighted by atomic mass is 16.3. The first-order chi connectivity index (χ1) is 14.3. The normalized spacial score (nSPS) is 11.1.